The Balaban J connectivity index is 1.85. The fraction of sp³-hybridized carbons (Fsp3) is 0.316. The topological polar surface area (TPSA) is 66.5 Å². The molecule has 2 aromatic rings. The summed E-state index contributed by atoms with van der Waals surface area (Å²) in [6.07, 6.45) is 2.18. The van der Waals surface area contributed by atoms with E-state index in [-0.39, 0.29) is 11.7 Å². The third-order valence-corrected chi connectivity index (χ3v) is 7.25. The summed E-state index contributed by atoms with van der Waals surface area (Å²) in [5.74, 6) is -0.0154. The van der Waals surface area contributed by atoms with Crippen LogP contribution >= 0.6 is 22.6 Å². The molecule has 1 aliphatic heterocycles. The molecule has 0 unspecified atom stereocenters. The van der Waals surface area contributed by atoms with Crippen LogP contribution < -0.4 is 9.62 Å². The molecule has 0 aliphatic carbocycles. The van der Waals surface area contributed by atoms with Crippen LogP contribution in [0, 0.1) is 3.57 Å². The number of benzene rings is 2. The van der Waals surface area contributed by atoms with Gasteiger partial charge in [-0.1, -0.05) is 19.1 Å². The zero-order valence-corrected chi connectivity index (χ0v) is 17.5. The van der Waals surface area contributed by atoms with Crippen LogP contribution in [0.4, 0.5) is 11.4 Å². The fourth-order valence-electron chi connectivity index (χ4n) is 3.14. The van der Waals surface area contributed by atoms with Gasteiger partial charge in [0.2, 0.25) is 10.0 Å². The van der Waals surface area contributed by atoms with Crippen molar-refractivity contribution in [2.24, 2.45) is 0 Å². The van der Waals surface area contributed by atoms with Gasteiger partial charge in [-0.2, -0.15) is 0 Å². The number of aryl methyl sites for hydroxylation is 1. The van der Waals surface area contributed by atoms with E-state index in [1.54, 1.807) is 18.2 Å². The quantitative estimate of drug-likeness (QED) is 0.652. The lowest BCUT2D eigenvalue weighted by Crippen LogP contribution is -2.37. The number of fused-ring (bicyclic) bond motifs is 1. The van der Waals surface area contributed by atoms with E-state index in [1.165, 1.54) is 4.31 Å². The molecule has 26 heavy (non-hydrogen) atoms. The van der Waals surface area contributed by atoms with Crippen LogP contribution in [-0.2, 0) is 16.4 Å². The lowest BCUT2D eigenvalue weighted by Gasteiger charge is -2.30. The Labute approximate surface area is 168 Å². The van der Waals surface area contributed by atoms with Gasteiger partial charge in [0, 0.05) is 15.8 Å². The maximum atomic E-state index is 12.5. The van der Waals surface area contributed by atoms with E-state index in [0.29, 0.717) is 24.2 Å². The SMILES string of the molecule is CCCS(=O)(=O)N1CCCc2cc(NC(=O)c3ccccc3I)ccc21. The zero-order chi connectivity index (χ0) is 18.7. The largest absolute Gasteiger partial charge is 0.322 e. The summed E-state index contributed by atoms with van der Waals surface area (Å²) in [5, 5.41) is 2.92. The van der Waals surface area contributed by atoms with Crippen LogP contribution in [0.3, 0.4) is 0 Å². The molecule has 0 spiro atoms. The van der Waals surface area contributed by atoms with Crippen molar-refractivity contribution in [3.05, 3.63) is 57.2 Å². The predicted octanol–water partition coefficient (Wildman–Crippen LogP) is 4.04. The van der Waals surface area contributed by atoms with E-state index in [4.69, 9.17) is 0 Å². The monoisotopic (exact) mass is 484 g/mol. The van der Waals surface area contributed by atoms with E-state index < -0.39 is 10.0 Å². The van der Waals surface area contributed by atoms with Crippen LogP contribution in [0.2, 0.25) is 0 Å². The summed E-state index contributed by atoms with van der Waals surface area (Å²) >= 11 is 2.14. The van der Waals surface area contributed by atoms with Crippen molar-refractivity contribution in [1.82, 2.24) is 0 Å². The first-order valence-corrected chi connectivity index (χ1v) is 11.3. The molecule has 1 heterocycles. The van der Waals surface area contributed by atoms with Gasteiger partial charge in [-0.15, -0.1) is 0 Å². The van der Waals surface area contributed by atoms with E-state index >= 15 is 0 Å². The van der Waals surface area contributed by atoms with E-state index in [1.807, 2.05) is 31.2 Å². The number of halogens is 1. The minimum Gasteiger partial charge on any atom is -0.322 e. The third kappa shape index (κ3) is 4.03. The van der Waals surface area contributed by atoms with Crippen molar-refractivity contribution in [3.63, 3.8) is 0 Å². The van der Waals surface area contributed by atoms with Gasteiger partial charge in [0.25, 0.3) is 5.91 Å². The second-order valence-corrected chi connectivity index (χ2v) is 9.44. The molecule has 1 aliphatic rings. The minimum absolute atomic E-state index is 0.150. The smallest absolute Gasteiger partial charge is 0.256 e. The van der Waals surface area contributed by atoms with E-state index in [2.05, 4.69) is 27.9 Å². The first-order chi connectivity index (χ1) is 12.4. The van der Waals surface area contributed by atoms with Gasteiger partial charge in [0.15, 0.2) is 0 Å². The molecule has 2 aromatic carbocycles. The van der Waals surface area contributed by atoms with Gasteiger partial charge in [-0.3, -0.25) is 9.10 Å². The number of rotatable bonds is 5. The predicted molar refractivity (Wildman–Crippen MR) is 113 cm³/mol. The molecule has 1 amide bonds. The number of hydrogen-bond donors (Lipinski definition) is 1. The Hall–Kier alpha value is -1.61. The molecule has 0 saturated heterocycles. The molecule has 1 N–H and O–H groups in total. The van der Waals surface area contributed by atoms with Crippen LogP contribution in [0.25, 0.3) is 0 Å². The number of anilines is 2. The molecule has 3 rings (SSSR count). The first kappa shape index (κ1) is 19.2. The van der Waals surface area contributed by atoms with Crippen LogP contribution in [0.5, 0.6) is 0 Å². The van der Waals surface area contributed by atoms with Crippen LogP contribution in [0.15, 0.2) is 42.5 Å². The highest BCUT2D eigenvalue weighted by Crippen LogP contribution is 2.32. The summed E-state index contributed by atoms with van der Waals surface area (Å²) < 4.78 is 27.4. The maximum absolute atomic E-state index is 12.5. The number of nitrogens with one attached hydrogen (secondary N) is 1. The van der Waals surface area contributed by atoms with Crippen LogP contribution in [0.1, 0.15) is 35.7 Å². The van der Waals surface area contributed by atoms with Crippen molar-refractivity contribution in [2.75, 3.05) is 21.9 Å². The van der Waals surface area contributed by atoms with E-state index in [0.717, 1.165) is 27.7 Å². The molecule has 0 radical (unpaired) electrons. The zero-order valence-electron chi connectivity index (χ0n) is 14.5. The highest BCUT2D eigenvalue weighted by atomic mass is 127. The number of carbonyl (C=O) groups is 1. The normalized spacial score (nSPS) is 14.0. The second-order valence-electron chi connectivity index (χ2n) is 6.27. The maximum Gasteiger partial charge on any atom is 0.256 e. The summed E-state index contributed by atoms with van der Waals surface area (Å²) in [4.78, 5) is 12.5. The lowest BCUT2D eigenvalue weighted by atomic mass is 10.0. The average Bonchev–Trinajstić information content (AvgIpc) is 2.61. The number of sulfonamides is 1. The van der Waals surface area contributed by atoms with Gasteiger partial charge in [-0.25, -0.2) is 8.42 Å². The summed E-state index contributed by atoms with van der Waals surface area (Å²) in [6.45, 7) is 2.38. The van der Waals surface area contributed by atoms with Crippen molar-refractivity contribution >= 4 is 49.9 Å². The van der Waals surface area contributed by atoms with E-state index in [9.17, 15) is 13.2 Å². The first-order valence-electron chi connectivity index (χ1n) is 8.61. The molecule has 0 atom stereocenters. The molecule has 0 aromatic heterocycles. The lowest BCUT2D eigenvalue weighted by molar-refractivity contribution is 0.102. The second kappa shape index (κ2) is 7.96. The van der Waals surface area contributed by atoms with Crippen molar-refractivity contribution in [2.45, 2.75) is 26.2 Å². The summed E-state index contributed by atoms with van der Waals surface area (Å²) in [5.41, 5.74) is 2.99. The van der Waals surface area contributed by atoms with Crippen molar-refractivity contribution in [3.8, 4) is 0 Å². The standard InChI is InChI=1S/C19H21IN2O3S/c1-2-12-26(24,25)22-11-5-6-14-13-15(9-10-18(14)22)21-19(23)16-7-3-4-8-17(16)20/h3-4,7-10,13H,2,5-6,11-12H2,1H3,(H,21,23). The Morgan fingerprint density at radius 1 is 1.23 bits per heavy atom. The Bertz CT molecular complexity index is 928. The Morgan fingerprint density at radius 2 is 2.00 bits per heavy atom. The highest BCUT2D eigenvalue weighted by molar-refractivity contribution is 14.1. The van der Waals surface area contributed by atoms with Crippen molar-refractivity contribution in [1.29, 1.82) is 0 Å². The van der Waals surface area contributed by atoms with Gasteiger partial charge in [0.05, 0.1) is 17.0 Å². The van der Waals surface area contributed by atoms with Gasteiger partial charge < -0.3 is 5.32 Å². The number of hydrogen-bond acceptors (Lipinski definition) is 3. The molecule has 0 saturated carbocycles. The Kier molecular flexibility index (Phi) is 5.86. The van der Waals surface area contributed by atoms with Gasteiger partial charge in [0.1, 0.15) is 0 Å². The molecule has 138 valence electrons. The molecule has 7 heteroatoms. The number of amides is 1. The third-order valence-electron chi connectivity index (χ3n) is 4.33. The van der Waals surface area contributed by atoms with Gasteiger partial charge in [-0.05, 0) is 77.7 Å². The van der Waals surface area contributed by atoms with Crippen LogP contribution in [-0.4, -0.2) is 26.6 Å². The molecule has 0 bridgehead atoms. The molecule has 5 nitrogen and oxygen atoms in total. The highest BCUT2D eigenvalue weighted by Gasteiger charge is 2.27. The molecular formula is C19H21IN2O3S. The molecular weight excluding hydrogens is 463 g/mol. The molecule has 0 fully saturated rings. The number of nitrogens with zero attached hydrogens (tertiary/aromatic N) is 1. The minimum atomic E-state index is -3.29. The number of carbonyl (C=O) groups excluding carboxylic acids is 1. The average molecular weight is 484 g/mol. The summed E-state index contributed by atoms with van der Waals surface area (Å²) in [7, 11) is -3.29. The fourth-order valence-corrected chi connectivity index (χ4v) is 5.39. The van der Waals surface area contributed by atoms with Gasteiger partial charge >= 0.3 is 0 Å². The summed E-state index contributed by atoms with van der Waals surface area (Å²) in [6, 6.07) is 12.9. The Morgan fingerprint density at radius 3 is 2.73 bits per heavy atom. The van der Waals surface area contributed by atoms with Crippen molar-refractivity contribution < 1.29 is 13.2 Å².